The Balaban J connectivity index is 4.44. The van der Waals surface area contributed by atoms with Crippen LogP contribution < -0.4 is 5.32 Å². The molecule has 1 heteroatoms. The van der Waals surface area contributed by atoms with Crippen LogP contribution in [0.1, 0.15) is 60.3 Å². The normalized spacial score (nSPS) is 14.9. The van der Waals surface area contributed by atoms with Crippen molar-refractivity contribution in [2.24, 2.45) is 11.3 Å². The van der Waals surface area contributed by atoms with Gasteiger partial charge in [-0.1, -0.05) is 33.3 Å². The minimum Gasteiger partial charge on any atom is -0.315 e. The second-order valence-electron chi connectivity index (χ2n) is 6.45. The van der Waals surface area contributed by atoms with Crippen molar-refractivity contribution in [3.05, 3.63) is 12.7 Å². The zero-order chi connectivity index (χ0) is 12.8. The zero-order valence-electron chi connectivity index (χ0n) is 12.2. The molecule has 0 amide bonds. The first-order chi connectivity index (χ1) is 7.26. The van der Waals surface area contributed by atoms with Crippen molar-refractivity contribution in [3.8, 4) is 0 Å². The lowest BCUT2D eigenvalue weighted by molar-refractivity contribution is 0.213. The number of allylic oxidation sites excluding steroid dienone is 1. The molecule has 0 bridgehead atoms. The topological polar surface area (TPSA) is 12.0 Å². The van der Waals surface area contributed by atoms with Crippen LogP contribution >= 0.6 is 0 Å². The maximum Gasteiger partial charge on any atom is 0.0124 e. The second kappa shape index (κ2) is 6.44. The van der Waals surface area contributed by atoms with Crippen LogP contribution in [0, 0.1) is 11.3 Å². The minimum atomic E-state index is 0.234. The van der Waals surface area contributed by atoms with Gasteiger partial charge in [-0.15, -0.1) is 6.58 Å². The number of hydrogen-bond donors (Lipinski definition) is 1. The Morgan fingerprint density at radius 2 is 1.75 bits per heavy atom. The summed E-state index contributed by atoms with van der Waals surface area (Å²) in [6.07, 6.45) is 6.97. The molecule has 1 unspecified atom stereocenters. The average Bonchev–Trinajstić information content (AvgIpc) is 2.17. The van der Waals surface area contributed by atoms with Crippen molar-refractivity contribution < 1.29 is 0 Å². The van der Waals surface area contributed by atoms with Crippen molar-refractivity contribution >= 4 is 0 Å². The Labute approximate surface area is 103 Å². The van der Waals surface area contributed by atoms with Gasteiger partial charge >= 0.3 is 0 Å². The van der Waals surface area contributed by atoms with Crippen molar-refractivity contribution in [2.75, 3.05) is 7.05 Å². The molecule has 1 atom stereocenters. The first kappa shape index (κ1) is 15.7. The van der Waals surface area contributed by atoms with E-state index in [0.717, 1.165) is 12.3 Å². The summed E-state index contributed by atoms with van der Waals surface area (Å²) in [5.74, 6) is 0.745. The Morgan fingerprint density at radius 1 is 1.19 bits per heavy atom. The number of rotatable bonds is 8. The van der Waals surface area contributed by atoms with Crippen molar-refractivity contribution in [1.29, 1.82) is 0 Å². The maximum atomic E-state index is 3.89. The highest BCUT2D eigenvalue weighted by atomic mass is 14.9. The number of nitrogens with one attached hydrogen (secondary N) is 1. The van der Waals surface area contributed by atoms with E-state index in [1.54, 1.807) is 0 Å². The largest absolute Gasteiger partial charge is 0.315 e. The molecule has 0 aromatic rings. The standard InChI is InChI=1S/C15H31N/c1-8-10-13(11-14(3,4)9-2)12-15(5,6)16-7/h8,13,16H,1,9-12H2,2-7H3. The fourth-order valence-corrected chi connectivity index (χ4v) is 2.22. The van der Waals surface area contributed by atoms with Gasteiger partial charge in [0.15, 0.2) is 0 Å². The summed E-state index contributed by atoms with van der Waals surface area (Å²) in [7, 11) is 2.05. The molecule has 1 N–H and O–H groups in total. The fourth-order valence-electron chi connectivity index (χ4n) is 2.22. The highest BCUT2D eigenvalue weighted by Gasteiger charge is 2.26. The van der Waals surface area contributed by atoms with Gasteiger partial charge in [-0.05, 0) is 51.5 Å². The van der Waals surface area contributed by atoms with E-state index < -0.39 is 0 Å². The molecule has 0 saturated heterocycles. The highest BCUT2D eigenvalue weighted by molar-refractivity contribution is 4.85. The third-order valence-corrected chi connectivity index (χ3v) is 3.77. The van der Waals surface area contributed by atoms with Crippen LogP contribution in [-0.4, -0.2) is 12.6 Å². The maximum absolute atomic E-state index is 3.89. The van der Waals surface area contributed by atoms with Crippen molar-refractivity contribution in [1.82, 2.24) is 5.32 Å². The molecule has 0 rings (SSSR count). The van der Waals surface area contributed by atoms with Gasteiger partial charge in [0, 0.05) is 5.54 Å². The molecular weight excluding hydrogens is 194 g/mol. The Bertz CT molecular complexity index is 185. The summed E-state index contributed by atoms with van der Waals surface area (Å²) < 4.78 is 0. The Kier molecular flexibility index (Phi) is 6.32. The molecule has 0 saturated carbocycles. The zero-order valence-corrected chi connectivity index (χ0v) is 12.2. The molecule has 0 spiro atoms. The monoisotopic (exact) mass is 225 g/mol. The highest BCUT2D eigenvalue weighted by Crippen LogP contribution is 2.34. The summed E-state index contributed by atoms with van der Waals surface area (Å²) in [6, 6.07) is 0. The van der Waals surface area contributed by atoms with Crippen LogP contribution in [0.4, 0.5) is 0 Å². The molecule has 1 nitrogen and oxygen atoms in total. The summed E-state index contributed by atoms with van der Waals surface area (Å²) in [5.41, 5.74) is 0.689. The Hall–Kier alpha value is -0.300. The van der Waals surface area contributed by atoms with Crippen LogP contribution in [0.5, 0.6) is 0 Å². The van der Waals surface area contributed by atoms with Gasteiger partial charge in [-0.25, -0.2) is 0 Å². The molecule has 0 fully saturated rings. The van der Waals surface area contributed by atoms with Crippen LogP contribution in [-0.2, 0) is 0 Å². The lowest BCUT2D eigenvalue weighted by atomic mass is 9.75. The molecule has 0 aromatic carbocycles. The third kappa shape index (κ3) is 6.32. The molecule has 0 radical (unpaired) electrons. The smallest absolute Gasteiger partial charge is 0.0124 e. The molecule has 0 aromatic heterocycles. The molecule has 0 aliphatic rings. The SMILES string of the molecule is C=CCC(CC(C)(C)CC)CC(C)(C)NC. The van der Waals surface area contributed by atoms with Gasteiger partial charge in [-0.2, -0.15) is 0 Å². The Morgan fingerprint density at radius 3 is 2.12 bits per heavy atom. The second-order valence-corrected chi connectivity index (χ2v) is 6.45. The van der Waals surface area contributed by atoms with Gasteiger partial charge in [0.2, 0.25) is 0 Å². The van der Waals surface area contributed by atoms with E-state index in [0.29, 0.717) is 5.41 Å². The molecule has 0 heterocycles. The minimum absolute atomic E-state index is 0.234. The number of hydrogen-bond acceptors (Lipinski definition) is 1. The fraction of sp³-hybridized carbons (Fsp3) is 0.867. The lowest BCUT2D eigenvalue weighted by Gasteiger charge is -2.34. The quantitative estimate of drug-likeness (QED) is 0.604. The van der Waals surface area contributed by atoms with Crippen LogP contribution in [0.25, 0.3) is 0 Å². The summed E-state index contributed by atoms with van der Waals surface area (Å²) in [4.78, 5) is 0. The van der Waals surface area contributed by atoms with E-state index in [2.05, 4.69) is 59.6 Å². The molecule has 0 aliphatic heterocycles. The summed E-state index contributed by atoms with van der Waals surface area (Å²) in [6.45, 7) is 15.5. The molecular formula is C15H31N. The predicted molar refractivity (Wildman–Crippen MR) is 74.7 cm³/mol. The summed E-state index contributed by atoms with van der Waals surface area (Å²) >= 11 is 0. The van der Waals surface area contributed by atoms with Gasteiger partial charge in [0.25, 0.3) is 0 Å². The van der Waals surface area contributed by atoms with E-state index >= 15 is 0 Å². The van der Waals surface area contributed by atoms with Crippen molar-refractivity contribution in [3.63, 3.8) is 0 Å². The van der Waals surface area contributed by atoms with Crippen LogP contribution in [0.15, 0.2) is 12.7 Å². The lowest BCUT2D eigenvalue weighted by Crippen LogP contribution is -2.38. The van der Waals surface area contributed by atoms with E-state index in [4.69, 9.17) is 0 Å². The first-order valence-corrected chi connectivity index (χ1v) is 6.56. The molecule has 0 aliphatic carbocycles. The van der Waals surface area contributed by atoms with Gasteiger partial charge in [0.1, 0.15) is 0 Å². The van der Waals surface area contributed by atoms with E-state index in [9.17, 15) is 0 Å². The molecule has 16 heavy (non-hydrogen) atoms. The van der Waals surface area contributed by atoms with E-state index in [1.807, 2.05) is 0 Å². The van der Waals surface area contributed by atoms with Crippen molar-refractivity contribution in [2.45, 2.75) is 65.8 Å². The molecule has 96 valence electrons. The first-order valence-electron chi connectivity index (χ1n) is 6.56. The van der Waals surface area contributed by atoms with Gasteiger partial charge in [-0.3, -0.25) is 0 Å². The van der Waals surface area contributed by atoms with Gasteiger partial charge in [0.05, 0.1) is 0 Å². The van der Waals surface area contributed by atoms with E-state index in [1.165, 1.54) is 19.3 Å². The summed E-state index contributed by atoms with van der Waals surface area (Å²) in [5, 5.41) is 3.40. The van der Waals surface area contributed by atoms with Crippen LogP contribution in [0.3, 0.4) is 0 Å². The van der Waals surface area contributed by atoms with Gasteiger partial charge < -0.3 is 5.32 Å². The predicted octanol–water partition coefficient (Wildman–Crippen LogP) is 4.39. The third-order valence-electron chi connectivity index (χ3n) is 3.77. The van der Waals surface area contributed by atoms with E-state index in [-0.39, 0.29) is 5.54 Å². The van der Waals surface area contributed by atoms with Crippen LogP contribution in [0.2, 0.25) is 0 Å². The average molecular weight is 225 g/mol.